The first-order valence-corrected chi connectivity index (χ1v) is 8.09. The molecule has 1 N–H and O–H groups in total. The van der Waals surface area contributed by atoms with Gasteiger partial charge in [-0.15, -0.1) is 0 Å². The van der Waals surface area contributed by atoms with Crippen molar-refractivity contribution in [3.8, 4) is 0 Å². The van der Waals surface area contributed by atoms with E-state index in [1.54, 1.807) is 18.9 Å². The molecule has 0 radical (unpaired) electrons. The molecule has 2 aromatic rings. The molecule has 0 unspecified atom stereocenters. The molecule has 23 heavy (non-hydrogen) atoms. The molecule has 1 aliphatic heterocycles. The number of nitrogens with zero attached hydrogens (tertiary/aromatic N) is 4. The van der Waals surface area contributed by atoms with Crippen molar-refractivity contribution >= 4 is 5.91 Å². The van der Waals surface area contributed by atoms with Crippen LogP contribution >= 0.6 is 0 Å². The summed E-state index contributed by atoms with van der Waals surface area (Å²) in [5.74, 6) is 1.32. The highest BCUT2D eigenvalue weighted by molar-refractivity contribution is 5.81. The van der Waals surface area contributed by atoms with E-state index in [-0.39, 0.29) is 11.9 Å². The summed E-state index contributed by atoms with van der Waals surface area (Å²) in [5, 5.41) is 7.11. The molecule has 1 saturated heterocycles. The molecule has 124 valence electrons. The van der Waals surface area contributed by atoms with Crippen molar-refractivity contribution < 1.29 is 9.21 Å². The van der Waals surface area contributed by atoms with Crippen molar-refractivity contribution in [2.24, 2.45) is 5.92 Å². The molecule has 2 aromatic heterocycles. The standard InChI is InChI=1S/C16H23N5O2/c1-13(16(22)18-8-15-5-3-7-23-15)20-6-2-4-14(9-20)10-21-12-17-11-19-21/h3,5,7,11-14H,2,4,6,8-10H2,1H3,(H,18,22)/t13-,14+/m1/s1. The Morgan fingerprint density at radius 3 is 3.22 bits per heavy atom. The smallest absolute Gasteiger partial charge is 0.237 e. The number of likely N-dealkylation sites (tertiary alicyclic amines) is 1. The third-order valence-corrected chi connectivity index (χ3v) is 4.41. The monoisotopic (exact) mass is 317 g/mol. The number of hydrogen-bond donors (Lipinski definition) is 1. The molecule has 1 aliphatic rings. The minimum Gasteiger partial charge on any atom is -0.467 e. The van der Waals surface area contributed by atoms with Crippen LogP contribution in [-0.4, -0.2) is 44.7 Å². The molecule has 1 fully saturated rings. The predicted molar refractivity (Wildman–Crippen MR) is 84.3 cm³/mol. The number of aromatic nitrogens is 3. The van der Waals surface area contributed by atoms with Gasteiger partial charge in [-0.25, -0.2) is 4.98 Å². The fourth-order valence-electron chi connectivity index (χ4n) is 3.09. The van der Waals surface area contributed by atoms with E-state index in [9.17, 15) is 4.79 Å². The molecule has 0 bridgehead atoms. The van der Waals surface area contributed by atoms with Gasteiger partial charge in [-0.05, 0) is 44.4 Å². The zero-order valence-corrected chi connectivity index (χ0v) is 13.4. The number of rotatable bonds is 6. The zero-order valence-electron chi connectivity index (χ0n) is 13.4. The topological polar surface area (TPSA) is 76.2 Å². The third kappa shape index (κ3) is 4.19. The molecule has 3 rings (SSSR count). The first-order chi connectivity index (χ1) is 11.2. The van der Waals surface area contributed by atoms with Gasteiger partial charge in [0.1, 0.15) is 18.4 Å². The van der Waals surface area contributed by atoms with Gasteiger partial charge in [-0.1, -0.05) is 0 Å². The molecule has 0 spiro atoms. The summed E-state index contributed by atoms with van der Waals surface area (Å²) < 4.78 is 7.11. The van der Waals surface area contributed by atoms with E-state index in [2.05, 4.69) is 20.3 Å². The van der Waals surface area contributed by atoms with E-state index in [0.717, 1.165) is 38.2 Å². The van der Waals surface area contributed by atoms with E-state index < -0.39 is 0 Å². The Hall–Kier alpha value is -2.15. The number of hydrogen-bond acceptors (Lipinski definition) is 5. The van der Waals surface area contributed by atoms with Crippen LogP contribution in [0.5, 0.6) is 0 Å². The molecular formula is C16H23N5O2. The van der Waals surface area contributed by atoms with Crippen molar-refractivity contribution in [3.63, 3.8) is 0 Å². The van der Waals surface area contributed by atoms with Gasteiger partial charge >= 0.3 is 0 Å². The van der Waals surface area contributed by atoms with E-state index in [1.807, 2.05) is 23.7 Å². The lowest BCUT2D eigenvalue weighted by Gasteiger charge is -2.36. The normalized spacial score (nSPS) is 20.3. The van der Waals surface area contributed by atoms with E-state index >= 15 is 0 Å². The highest BCUT2D eigenvalue weighted by Crippen LogP contribution is 2.20. The fourth-order valence-corrected chi connectivity index (χ4v) is 3.09. The van der Waals surface area contributed by atoms with Crippen molar-refractivity contribution in [2.75, 3.05) is 13.1 Å². The van der Waals surface area contributed by atoms with E-state index in [4.69, 9.17) is 4.42 Å². The number of amides is 1. The second kappa shape index (κ2) is 7.41. The van der Waals surface area contributed by atoms with Crippen LogP contribution in [0.3, 0.4) is 0 Å². The van der Waals surface area contributed by atoms with Gasteiger partial charge in [0.05, 0.1) is 18.8 Å². The van der Waals surface area contributed by atoms with Crippen LogP contribution in [0, 0.1) is 5.92 Å². The molecule has 2 atom stereocenters. The Labute approximate surface area is 135 Å². The van der Waals surface area contributed by atoms with Gasteiger partial charge in [0.15, 0.2) is 0 Å². The molecule has 0 saturated carbocycles. The second-order valence-electron chi connectivity index (χ2n) is 6.09. The lowest BCUT2D eigenvalue weighted by atomic mass is 9.96. The summed E-state index contributed by atoms with van der Waals surface area (Å²) in [5.41, 5.74) is 0. The Bertz CT molecular complexity index is 596. The Morgan fingerprint density at radius 1 is 1.57 bits per heavy atom. The highest BCUT2D eigenvalue weighted by atomic mass is 16.3. The van der Waals surface area contributed by atoms with Gasteiger partial charge < -0.3 is 9.73 Å². The maximum atomic E-state index is 12.3. The first kappa shape index (κ1) is 15.7. The summed E-state index contributed by atoms with van der Waals surface area (Å²) in [4.78, 5) is 18.6. The summed E-state index contributed by atoms with van der Waals surface area (Å²) in [6, 6.07) is 3.55. The van der Waals surface area contributed by atoms with Crippen LogP contribution in [0.1, 0.15) is 25.5 Å². The Morgan fingerprint density at radius 2 is 2.48 bits per heavy atom. The van der Waals surface area contributed by atoms with Crippen LogP contribution in [0.25, 0.3) is 0 Å². The Kier molecular flexibility index (Phi) is 5.07. The first-order valence-electron chi connectivity index (χ1n) is 8.09. The predicted octanol–water partition coefficient (Wildman–Crippen LogP) is 1.29. The average Bonchev–Trinajstić information content (AvgIpc) is 3.25. The number of furan rings is 1. The molecular weight excluding hydrogens is 294 g/mol. The molecule has 0 aromatic carbocycles. The molecule has 7 nitrogen and oxygen atoms in total. The largest absolute Gasteiger partial charge is 0.467 e. The minimum absolute atomic E-state index is 0.0443. The number of carbonyl (C=O) groups is 1. The number of carbonyl (C=O) groups excluding carboxylic acids is 1. The quantitative estimate of drug-likeness (QED) is 0.869. The van der Waals surface area contributed by atoms with Gasteiger partial charge in [-0.2, -0.15) is 5.10 Å². The SMILES string of the molecule is C[C@H](C(=O)NCc1ccco1)N1CCC[C@H](Cn2cncn2)C1. The molecule has 1 amide bonds. The fraction of sp³-hybridized carbons (Fsp3) is 0.562. The lowest BCUT2D eigenvalue weighted by molar-refractivity contribution is -0.126. The maximum absolute atomic E-state index is 12.3. The molecule has 0 aliphatic carbocycles. The second-order valence-corrected chi connectivity index (χ2v) is 6.09. The number of nitrogens with one attached hydrogen (secondary N) is 1. The van der Waals surface area contributed by atoms with Gasteiger partial charge in [-0.3, -0.25) is 14.4 Å². The molecule has 7 heteroatoms. The van der Waals surface area contributed by atoms with Gasteiger partial charge in [0.2, 0.25) is 5.91 Å². The van der Waals surface area contributed by atoms with Gasteiger partial charge in [0, 0.05) is 13.1 Å². The summed E-state index contributed by atoms with van der Waals surface area (Å²) in [7, 11) is 0. The average molecular weight is 317 g/mol. The van der Waals surface area contributed by atoms with E-state index in [1.165, 1.54) is 0 Å². The van der Waals surface area contributed by atoms with Crippen LogP contribution in [0.2, 0.25) is 0 Å². The van der Waals surface area contributed by atoms with Crippen LogP contribution in [0.15, 0.2) is 35.5 Å². The summed E-state index contributed by atoms with van der Waals surface area (Å²) in [6.07, 6.45) is 7.19. The summed E-state index contributed by atoms with van der Waals surface area (Å²) >= 11 is 0. The van der Waals surface area contributed by atoms with E-state index in [0.29, 0.717) is 12.5 Å². The van der Waals surface area contributed by atoms with Crippen molar-refractivity contribution in [2.45, 2.75) is 38.9 Å². The Balaban J connectivity index is 1.49. The lowest BCUT2D eigenvalue weighted by Crippen LogP contribution is -2.49. The van der Waals surface area contributed by atoms with Gasteiger partial charge in [0.25, 0.3) is 0 Å². The van der Waals surface area contributed by atoms with Crippen LogP contribution in [0.4, 0.5) is 0 Å². The van der Waals surface area contributed by atoms with Crippen molar-refractivity contribution in [1.29, 1.82) is 0 Å². The zero-order chi connectivity index (χ0) is 16.1. The maximum Gasteiger partial charge on any atom is 0.237 e. The van der Waals surface area contributed by atoms with Crippen molar-refractivity contribution in [3.05, 3.63) is 36.8 Å². The van der Waals surface area contributed by atoms with Crippen LogP contribution < -0.4 is 5.32 Å². The third-order valence-electron chi connectivity index (χ3n) is 4.41. The summed E-state index contributed by atoms with van der Waals surface area (Å²) in [6.45, 7) is 5.14. The number of piperidine rings is 1. The highest BCUT2D eigenvalue weighted by Gasteiger charge is 2.27. The minimum atomic E-state index is -0.136. The molecule has 3 heterocycles. The van der Waals surface area contributed by atoms with Crippen LogP contribution in [-0.2, 0) is 17.9 Å². The van der Waals surface area contributed by atoms with Crippen molar-refractivity contribution in [1.82, 2.24) is 25.0 Å².